The second-order valence-corrected chi connectivity index (χ2v) is 7.39. The maximum atomic E-state index is 12.3. The van der Waals surface area contributed by atoms with Crippen LogP contribution < -0.4 is 14.8 Å². The summed E-state index contributed by atoms with van der Waals surface area (Å²) in [6.45, 7) is 3.96. The fraction of sp³-hybridized carbons (Fsp3) is 0.278. The van der Waals surface area contributed by atoms with Gasteiger partial charge in [0.15, 0.2) is 0 Å². The molecule has 7 heteroatoms. The van der Waals surface area contributed by atoms with Crippen molar-refractivity contribution in [1.82, 2.24) is 10.0 Å². The predicted octanol–water partition coefficient (Wildman–Crippen LogP) is 2.02. The van der Waals surface area contributed by atoms with Crippen molar-refractivity contribution in [2.75, 3.05) is 20.2 Å². The minimum absolute atomic E-state index is 0.109. The summed E-state index contributed by atoms with van der Waals surface area (Å²) in [5, 5.41) is 2.68. The SMILES string of the molecule is COc1ccc(C(=O)NCCNS(=O)(=O)c2ccc(C)cc2C)cc1. The zero-order chi connectivity index (χ0) is 18.4. The third kappa shape index (κ3) is 5.04. The van der Waals surface area contributed by atoms with Crippen LogP contribution in [0.2, 0.25) is 0 Å². The maximum Gasteiger partial charge on any atom is 0.251 e. The maximum absolute atomic E-state index is 12.3. The van der Waals surface area contributed by atoms with E-state index in [0.29, 0.717) is 16.9 Å². The summed E-state index contributed by atoms with van der Waals surface area (Å²) >= 11 is 0. The fourth-order valence-electron chi connectivity index (χ4n) is 2.38. The number of rotatable bonds is 7. The first-order chi connectivity index (χ1) is 11.8. The Balaban J connectivity index is 1.88. The number of sulfonamides is 1. The molecule has 0 aromatic heterocycles. The third-order valence-electron chi connectivity index (χ3n) is 3.67. The molecule has 134 valence electrons. The van der Waals surface area contributed by atoms with Crippen molar-refractivity contribution >= 4 is 15.9 Å². The lowest BCUT2D eigenvalue weighted by Gasteiger charge is -2.11. The van der Waals surface area contributed by atoms with Crippen LogP contribution in [0.1, 0.15) is 21.5 Å². The summed E-state index contributed by atoms with van der Waals surface area (Å²) in [4.78, 5) is 12.3. The Morgan fingerprint density at radius 2 is 1.72 bits per heavy atom. The summed E-state index contributed by atoms with van der Waals surface area (Å²) < 4.78 is 32.2. The van der Waals surface area contributed by atoms with E-state index < -0.39 is 10.0 Å². The summed E-state index contributed by atoms with van der Waals surface area (Å²) in [6, 6.07) is 11.8. The van der Waals surface area contributed by atoms with Gasteiger partial charge in [-0.05, 0) is 49.7 Å². The standard InChI is InChI=1S/C18H22N2O4S/c1-13-4-9-17(14(2)12-13)25(22,23)20-11-10-19-18(21)15-5-7-16(24-3)8-6-15/h4-9,12,20H,10-11H2,1-3H3,(H,19,21). The van der Waals surface area contributed by atoms with Gasteiger partial charge in [0.1, 0.15) is 5.75 Å². The van der Waals surface area contributed by atoms with Crippen molar-refractivity contribution in [3.63, 3.8) is 0 Å². The molecular formula is C18H22N2O4S. The average molecular weight is 362 g/mol. The van der Waals surface area contributed by atoms with E-state index >= 15 is 0 Å². The van der Waals surface area contributed by atoms with Crippen molar-refractivity contribution in [3.8, 4) is 5.75 Å². The first kappa shape index (κ1) is 19.0. The number of nitrogens with one attached hydrogen (secondary N) is 2. The number of hydrogen-bond acceptors (Lipinski definition) is 4. The van der Waals surface area contributed by atoms with Crippen LogP contribution in [0.25, 0.3) is 0 Å². The van der Waals surface area contributed by atoms with Crippen LogP contribution in [0.4, 0.5) is 0 Å². The van der Waals surface area contributed by atoms with Crippen LogP contribution in [-0.4, -0.2) is 34.5 Å². The van der Waals surface area contributed by atoms with Crippen LogP contribution in [0.3, 0.4) is 0 Å². The van der Waals surface area contributed by atoms with E-state index in [9.17, 15) is 13.2 Å². The topological polar surface area (TPSA) is 84.5 Å². The lowest BCUT2D eigenvalue weighted by molar-refractivity contribution is 0.0954. The van der Waals surface area contributed by atoms with Crippen molar-refractivity contribution in [2.24, 2.45) is 0 Å². The molecule has 0 atom stereocenters. The van der Waals surface area contributed by atoms with E-state index in [4.69, 9.17) is 4.74 Å². The van der Waals surface area contributed by atoms with Crippen LogP contribution in [-0.2, 0) is 10.0 Å². The van der Waals surface area contributed by atoms with Crippen molar-refractivity contribution in [1.29, 1.82) is 0 Å². The Hall–Kier alpha value is -2.38. The van der Waals surface area contributed by atoms with E-state index in [-0.39, 0.29) is 23.9 Å². The van der Waals surface area contributed by atoms with Crippen molar-refractivity contribution < 1.29 is 17.9 Å². The molecule has 0 spiro atoms. The van der Waals surface area contributed by atoms with Crippen LogP contribution in [0.15, 0.2) is 47.4 Å². The molecule has 0 saturated heterocycles. The summed E-state index contributed by atoms with van der Waals surface area (Å²) in [6.07, 6.45) is 0. The Bertz CT molecular complexity index is 846. The van der Waals surface area contributed by atoms with Gasteiger partial charge in [-0.1, -0.05) is 17.7 Å². The third-order valence-corrected chi connectivity index (χ3v) is 5.30. The molecule has 25 heavy (non-hydrogen) atoms. The molecule has 2 rings (SSSR count). The number of aryl methyl sites for hydroxylation is 2. The van der Waals surface area contributed by atoms with Gasteiger partial charge in [0, 0.05) is 18.7 Å². The van der Waals surface area contributed by atoms with Gasteiger partial charge in [-0.2, -0.15) is 0 Å². The quantitative estimate of drug-likeness (QED) is 0.738. The molecule has 0 heterocycles. The highest BCUT2D eigenvalue weighted by molar-refractivity contribution is 7.89. The van der Waals surface area contributed by atoms with Gasteiger partial charge in [-0.25, -0.2) is 13.1 Å². The van der Waals surface area contributed by atoms with Gasteiger partial charge in [-0.3, -0.25) is 4.79 Å². The Morgan fingerprint density at radius 3 is 2.32 bits per heavy atom. The molecule has 1 amide bonds. The number of amides is 1. The van der Waals surface area contributed by atoms with Gasteiger partial charge < -0.3 is 10.1 Å². The molecule has 0 saturated carbocycles. The monoisotopic (exact) mass is 362 g/mol. The first-order valence-corrected chi connectivity index (χ1v) is 9.31. The molecule has 0 fully saturated rings. The van der Waals surface area contributed by atoms with E-state index in [1.807, 2.05) is 13.0 Å². The van der Waals surface area contributed by atoms with E-state index in [1.54, 1.807) is 50.4 Å². The highest BCUT2D eigenvalue weighted by atomic mass is 32.2. The smallest absolute Gasteiger partial charge is 0.251 e. The van der Waals surface area contributed by atoms with Crippen molar-refractivity contribution in [2.45, 2.75) is 18.7 Å². The molecule has 0 bridgehead atoms. The number of methoxy groups -OCH3 is 1. The lowest BCUT2D eigenvalue weighted by atomic mass is 10.2. The van der Waals surface area contributed by atoms with Crippen molar-refractivity contribution in [3.05, 3.63) is 59.2 Å². The number of ether oxygens (including phenoxy) is 1. The molecule has 0 aliphatic carbocycles. The Kier molecular flexibility index (Phi) is 6.17. The molecular weight excluding hydrogens is 340 g/mol. The molecule has 0 aliphatic rings. The predicted molar refractivity (Wildman–Crippen MR) is 96.4 cm³/mol. The number of hydrogen-bond donors (Lipinski definition) is 2. The fourth-order valence-corrected chi connectivity index (χ4v) is 3.64. The molecule has 2 N–H and O–H groups in total. The summed E-state index contributed by atoms with van der Waals surface area (Å²) in [7, 11) is -2.04. The van der Waals surface area contributed by atoms with Crippen LogP contribution in [0, 0.1) is 13.8 Å². The van der Waals surface area contributed by atoms with Gasteiger partial charge >= 0.3 is 0 Å². The molecule has 0 unspecified atom stereocenters. The average Bonchev–Trinajstić information content (AvgIpc) is 2.58. The van der Waals surface area contributed by atoms with Crippen LogP contribution in [0.5, 0.6) is 5.75 Å². The zero-order valence-corrected chi connectivity index (χ0v) is 15.3. The second kappa shape index (κ2) is 8.13. The van der Waals surface area contributed by atoms with Gasteiger partial charge in [0.2, 0.25) is 10.0 Å². The minimum atomic E-state index is -3.60. The normalized spacial score (nSPS) is 11.2. The lowest BCUT2D eigenvalue weighted by Crippen LogP contribution is -2.34. The van der Waals surface area contributed by atoms with Gasteiger partial charge in [0.05, 0.1) is 12.0 Å². The van der Waals surface area contributed by atoms with Gasteiger partial charge in [-0.15, -0.1) is 0 Å². The molecule has 0 aliphatic heterocycles. The number of carbonyl (C=O) groups is 1. The minimum Gasteiger partial charge on any atom is -0.497 e. The summed E-state index contributed by atoms with van der Waals surface area (Å²) in [5.41, 5.74) is 2.18. The van der Waals surface area contributed by atoms with E-state index in [1.165, 1.54) is 0 Å². The van der Waals surface area contributed by atoms with Gasteiger partial charge in [0.25, 0.3) is 5.91 Å². The summed E-state index contributed by atoms with van der Waals surface area (Å²) in [5.74, 6) is 0.395. The molecule has 2 aromatic rings. The molecule has 6 nitrogen and oxygen atoms in total. The number of carbonyl (C=O) groups excluding carboxylic acids is 1. The van der Waals surface area contributed by atoms with Crippen LogP contribution >= 0.6 is 0 Å². The Morgan fingerprint density at radius 1 is 1.04 bits per heavy atom. The first-order valence-electron chi connectivity index (χ1n) is 7.82. The molecule has 0 radical (unpaired) electrons. The largest absolute Gasteiger partial charge is 0.497 e. The van der Waals surface area contributed by atoms with E-state index in [2.05, 4.69) is 10.0 Å². The highest BCUT2D eigenvalue weighted by Crippen LogP contribution is 2.16. The Labute approximate surface area is 148 Å². The second-order valence-electron chi connectivity index (χ2n) is 5.65. The highest BCUT2D eigenvalue weighted by Gasteiger charge is 2.16. The molecule has 2 aromatic carbocycles. The zero-order valence-electron chi connectivity index (χ0n) is 14.5. The van der Waals surface area contributed by atoms with E-state index in [0.717, 1.165) is 5.56 Å². The number of benzene rings is 2.